The van der Waals surface area contributed by atoms with Gasteiger partial charge in [0.05, 0.1) is 12.7 Å². The molecule has 0 aromatic rings. The largest absolute Gasteiger partial charge is 0.377 e. The van der Waals surface area contributed by atoms with Crippen LogP contribution in [0, 0.1) is 5.92 Å². The van der Waals surface area contributed by atoms with Crippen LogP contribution in [0.5, 0.6) is 0 Å². The van der Waals surface area contributed by atoms with Crippen molar-refractivity contribution in [2.24, 2.45) is 5.92 Å². The molecule has 0 amide bonds. The summed E-state index contributed by atoms with van der Waals surface area (Å²) in [6.45, 7) is 4.50. The number of alkyl halides is 1. The van der Waals surface area contributed by atoms with Crippen LogP contribution in [0.4, 0.5) is 0 Å². The number of halogens is 1. The Hall–Kier alpha value is 0.210. The molecule has 14 heavy (non-hydrogen) atoms. The third-order valence-electron chi connectivity index (χ3n) is 3.18. The minimum atomic E-state index is 0.476. The lowest BCUT2D eigenvalue weighted by Crippen LogP contribution is -2.38. The summed E-state index contributed by atoms with van der Waals surface area (Å²) in [7, 11) is 0. The maximum Gasteiger partial charge on any atom is 0.0605 e. The average molecular weight is 218 g/mol. The number of hydrogen-bond acceptors (Lipinski definition) is 2. The first-order valence-electron chi connectivity index (χ1n) is 5.78. The zero-order chi connectivity index (χ0) is 9.80. The van der Waals surface area contributed by atoms with Gasteiger partial charge < -0.3 is 9.64 Å². The Morgan fingerprint density at radius 3 is 2.43 bits per heavy atom. The molecule has 0 spiro atoms. The number of likely N-dealkylation sites (tertiary alicyclic amines) is 1. The fraction of sp³-hybridized carbons (Fsp3) is 1.00. The molecule has 2 fully saturated rings. The van der Waals surface area contributed by atoms with Crippen molar-refractivity contribution in [3.63, 3.8) is 0 Å². The molecular formula is C11H20ClNO. The topological polar surface area (TPSA) is 12.5 Å². The van der Waals surface area contributed by atoms with Crippen LogP contribution in [0.3, 0.4) is 0 Å². The molecule has 1 heterocycles. The molecule has 3 heteroatoms. The predicted molar refractivity (Wildman–Crippen MR) is 58.9 cm³/mol. The summed E-state index contributed by atoms with van der Waals surface area (Å²) >= 11 is 5.59. The summed E-state index contributed by atoms with van der Waals surface area (Å²) in [4.78, 5) is 2.60. The third-order valence-corrected chi connectivity index (χ3v) is 3.33. The van der Waals surface area contributed by atoms with E-state index in [1.807, 2.05) is 0 Å². The first kappa shape index (κ1) is 10.7. The van der Waals surface area contributed by atoms with Crippen molar-refractivity contribution in [2.45, 2.75) is 31.8 Å². The van der Waals surface area contributed by atoms with Gasteiger partial charge in [0.15, 0.2) is 0 Å². The fourth-order valence-corrected chi connectivity index (χ4v) is 2.22. The third kappa shape index (κ3) is 3.41. The van der Waals surface area contributed by atoms with Gasteiger partial charge in [-0.3, -0.25) is 0 Å². The molecule has 0 unspecified atom stereocenters. The Bertz CT molecular complexity index is 165. The van der Waals surface area contributed by atoms with Gasteiger partial charge in [-0.2, -0.15) is 0 Å². The first-order chi connectivity index (χ1) is 6.88. The van der Waals surface area contributed by atoms with Crippen LogP contribution in [-0.2, 0) is 4.74 Å². The molecule has 2 rings (SSSR count). The van der Waals surface area contributed by atoms with Gasteiger partial charge in [0.1, 0.15) is 0 Å². The molecule has 0 atom stereocenters. The highest BCUT2D eigenvalue weighted by molar-refractivity contribution is 6.17. The van der Waals surface area contributed by atoms with E-state index in [1.54, 1.807) is 0 Å². The number of nitrogens with zero attached hydrogens (tertiary/aromatic N) is 1. The first-order valence-corrected chi connectivity index (χ1v) is 6.32. The second-order valence-corrected chi connectivity index (χ2v) is 4.88. The van der Waals surface area contributed by atoms with E-state index in [0.717, 1.165) is 12.5 Å². The molecule has 1 saturated heterocycles. The summed E-state index contributed by atoms with van der Waals surface area (Å²) in [5, 5.41) is 0. The minimum absolute atomic E-state index is 0.476. The van der Waals surface area contributed by atoms with Gasteiger partial charge in [0, 0.05) is 25.5 Å². The molecule has 82 valence electrons. The van der Waals surface area contributed by atoms with Gasteiger partial charge in [-0.25, -0.2) is 0 Å². The van der Waals surface area contributed by atoms with Crippen molar-refractivity contribution in [3.05, 3.63) is 0 Å². The van der Waals surface area contributed by atoms with E-state index in [9.17, 15) is 0 Å². The molecule has 0 bridgehead atoms. The standard InChI is InChI=1S/C11H20ClNO/c12-5-8-14-11-3-6-13(7-4-11)9-10-1-2-10/h10-11H,1-9H2. The summed E-state index contributed by atoms with van der Waals surface area (Å²) < 4.78 is 5.64. The zero-order valence-electron chi connectivity index (χ0n) is 8.75. The zero-order valence-corrected chi connectivity index (χ0v) is 9.51. The van der Waals surface area contributed by atoms with Crippen LogP contribution in [0.25, 0.3) is 0 Å². The number of ether oxygens (including phenoxy) is 1. The Labute approximate surface area is 91.6 Å². The number of hydrogen-bond donors (Lipinski definition) is 0. The summed E-state index contributed by atoms with van der Waals surface area (Å²) in [6.07, 6.45) is 5.79. The van der Waals surface area contributed by atoms with Crippen LogP contribution in [0.2, 0.25) is 0 Å². The van der Waals surface area contributed by atoms with Gasteiger partial charge in [0.25, 0.3) is 0 Å². The molecule has 2 aliphatic rings. The van der Waals surface area contributed by atoms with Gasteiger partial charge in [-0.1, -0.05) is 0 Å². The number of rotatable bonds is 5. The molecule has 0 radical (unpaired) electrons. The second kappa shape index (κ2) is 5.34. The average Bonchev–Trinajstić information content (AvgIpc) is 3.01. The molecule has 1 aliphatic carbocycles. The van der Waals surface area contributed by atoms with E-state index in [1.165, 1.54) is 45.3 Å². The van der Waals surface area contributed by atoms with Crippen LogP contribution in [0.1, 0.15) is 25.7 Å². The SMILES string of the molecule is ClCCOC1CCN(CC2CC2)CC1. The van der Waals surface area contributed by atoms with Gasteiger partial charge in [-0.15, -0.1) is 11.6 Å². The quantitative estimate of drug-likeness (QED) is 0.655. The maximum absolute atomic E-state index is 5.64. The van der Waals surface area contributed by atoms with Crippen molar-refractivity contribution >= 4 is 11.6 Å². The molecule has 0 aromatic carbocycles. The van der Waals surface area contributed by atoms with Crippen molar-refractivity contribution in [2.75, 3.05) is 32.1 Å². The Kier molecular flexibility index (Phi) is 4.09. The molecule has 0 aromatic heterocycles. The molecular weight excluding hydrogens is 198 g/mol. The van der Waals surface area contributed by atoms with Crippen LogP contribution >= 0.6 is 11.6 Å². The van der Waals surface area contributed by atoms with Crippen molar-refractivity contribution in [3.8, 4) is 0 Å². The lowest BCUT2D eigenvalue weighted by Gasteiger charge is -2.31. The monoisotopic (exact) mass is 217 g/mol. The normalized spacial score (nSPS) is 25.5. The van der Waals surface area contributed by atoms with E-state index in [2.05, 4.69) is 4.90 Å². The van der Waals surface area contributed by atoms with Crippen LogP contribution < -0.4 is 0 Å². The lowest BCUT2D eigenvalue weighted by atomic mass is 10.1. The van der Waals surface area contributed by atoms with E-state index >= 15 is 0 Å². The predicted octanol–water partition coefficient (Wildman–Crippen LogP) is 2.12. The summed E-state index contributed by atoms with van der Waals surface area (Å²) in [5.41, 5.74) is 0. The van der Waals surface area contributed by atoms with Gasteiger partial charge in [0.2, 0.25) is 0 Å². The van der Waals surface area contributed by atoms with E-state index < -0.39 is 0 Å². The van der Waals surface area contributed by atoms with Crippen LogP contribution in [0.15, 0.2) is 0 Å². The molecule has 1 aliphatic heterocycles. The Morgan fingerprint density at radius 2 is 1.86 bits per heavy atom. The maximum atomic E-state index is 5.64. The minimum Gasteiger partial charge on any atom is -0.377 e. The smallest absolute Gasteiger partial charge is 0.0605 e. The highest BCUT2D eigenvalue weighted by atomic mass is 35.5. The van der Waals surface area contributed by atoms with Crippen LogP contribution in [-0.4, -0.2) is 43.1 Å². The highest BCUT2D eigenvalue weighted by Gasteiger charge is 2.27. The molecule has 1 saturated carbocycles. The van der Waals surface area contributed by atoms with E-state index in [4.69, 9.17) is 16.3 Å². The summed E-state index contributed by atoms with van der Waals surface area (Å²) in [6, 6.07) is 0. The van der Waals surface area contributed by atoms with E-state index in [0.29, 0.717) is 12.0 Å². The Balaban J connectivity index is 1.59. The second-order valence-electron chi connectivity index (χ2n) is 4.50. The lowest BCUT2D eigenvalue weighted by molar-refractivity contribution is 0.0143. The van der Waals surface area contributed by atoms with Gasteiger partial charge >= 0.3 is 0 Å². The van der Waals surface area contributed by atoms with Crippen molar-refractivity contribution in [1.82, 2.24) is 4.90 Å². The van der Waals surface area contributed by atoms with Crippen molar-refractivity contribution < 1.29 is 4.74 Å². The number of piperidine rings is 1. The van der Waals surface area contributed by atoms with E-state index in [-0.39, 0.29) is 0 Å². The highest BCUT2D eigenvalue weighted by Crippen LogP contribution is 2.30. The molecule has 0 N–H and O–H groups in total. The van der Waals surface area contributed by atoms with Crippen molar-refractivity contribution in [1.29, 1.82) is 0 Å². The van der Waals surface area contributed by atoms with Gasteiger partial charge in [-0.05, 0) is 31.6 Å². The molecule has 2 nitrogen and oxygen atoms in total. The fourth-order valence-electron chi connectivity index (χ4n) is 2.14. The Morgan fingerprint density at radius 1 is 1.14 bits per heavy atom. The summed E-state index contributed by atoms with van der Waals surface area (Å²) in [5.74, 6) is 1.65.